The topological polar surface area (TPSA) is 42.4 Å². The molecule has 0 unspecified atom stereocenters. The van der Waals surface area contributed by atoms with E-state index in [0.717, 1.165) is 11.4 Å². The average molecular weight is 284 g/mol. The summed E-state index contributed by atoms with van der Waals surface area (Å²) in [6, 6.07) is 11.5. The molecular formula is C17H20N2O2. The lowest BCUT2D eigenvalue weighted by molar-refractivity contribution is 0.0773. The van der Waals surface area contributed by atoms with Crippen LogP contribution in [-0.4, -0.2) is 36.0 Å². The normalized spacial score (nSPS) is 10.2. The lowest BCUT2D eigenvalue weighted by Gasteiger charge is -2.17. The summed E-state index contributed by atoms with van der Waals surface area (Å²) in [4.78, 5) is 18.0. The van der Waals surface area contributed by atoms with E-state index in [4.69, 9.17) is 4.74 Å². The molecule has 0 atom stereocenters. The molecule has 0 bridgehead atoms. The molecule has 21 heavy (non-hydrogen) atoms. The molecule has 1 heterocycles. The van der Waals surface area contributed by atoms with Crippen molar-refractivity contribution < 1.29 is 9.53 Å². The zero-order valence-corrected chi connectivity index (χ0v) is 12.7. The minimum absolute atomic E-state index is 0.0463. The number of amides is 1. The second-order valence-corrected chi connectivity index (χ2v) is 5.08. The van der Waals surface area contributed by atoms with Gasteiger partial charge in [-0.3, -0.25) is 9.78 Å². The van der Waals surface area contributed by atoms with E-state index in [1.54, 1.807) is 24.2 Å². The van der Waals surface area contributed by atoms with Gasteiger partial charge in [-0.05, 0) is 38.1 Å². The Balaban J connectivity index is 1.83. The number of carbonyl (C=O) groups excluding carboxylic acids is 1. The Labute approximate surface area is 125 Å². The molecular weight excluding hydrogens is 264 g/mol. The highest BCUT2D eigenvalue weighted by molar-refractivity contribution is 5.93. The number of rotatable bonds is 5. The lowest BCUT2D eigenvalue weighted by Crippen LogP contribution is -2.30. The third-order valence-electron chi connectivity index (χ3n) is 3.22. The minimum Gasteiger partial charge on any atom is -0.492 e. The molecule has 1 aromatic carbocycles. The van der Waals surface area contributed by atoms with Gasteiger partial charge in [-0.2, -0.15) is 0 Å². The molecule has 2 rings (SSSR count). The average Bonchev–Trinajstić information content (AvgIpc) is 2.49. The van der Waals surface area contributed by atoms with Crippen molar-refractivity contribution in [3.05, 3.63) is 59.4 Å². The molecule has 0 radical (unpaired) electrons. The number of aromatic nitrogens is 1. The molecule has 0 N–H and O–H groups in total. The number of pyridine rings is 1. The Morgan fingerprint density at radius 3 is 2.48 bits per heavy atom. The van der Waals surface area contributed by atoms with Crippen molar-refractivity contribution in [2.24, 2.45) is 0 Å². The maximum atomic E-state index is 12.2. The van der Waals surface area contributed by atoms with Crippen LogP contribution in [0.3, 0.4) is 0 Å². The van der Waals surface area contributed by atoms with Crippen molar-refractivity contribution in [2.45, 2.75) is 13.8 Å². The van der Waals surface area contributed by atoms with Crippen molar-refractivity contribution in [3.63, 3.8) is 0 Å². The van der Waals surface area contributed by atoms with Crippen LogP contribution in [0.4, 0.5) is 0 Å². The summed E-state index contributed by atoms with van der Waals surface area (Å²) in [5, 5.41) is 0. The molecule has 1 aromatic heterocycles. The van der Waals surface area contributed by atoms with Gasteiger partial charge in [0.2, 0.25) is 0 Å². The highest BCUT2D eigenvalue weighted by atomic mass is 16.5. The van der Waals surface area contributed by atoms with Crippen molar-refractivity contribution in [1.29, 1.82) is 0 Å². The number of aryl methyl sites for hydroxylation is 2. The number of hydrogen-bond acceptors (Lipinski definition) is 3. The van der Waals surface area contributed by atoms with E-state index in [0.29, 0.717) is 18.7 Å². The van der Waals surface area contributed by atoms with Gasteiger partial charge in [-0.1, -0.05) is 17.7 Å². The summed E-state index contributed by atoms with van der Waals surface area (Å²) < 4.78 is 5.63. The maximum absolute atomic E-state index is 12.2. The fraction of sp³-hybridized carbons (Fsp3) is 0.294. The predicted molar refractivity (Wildman–Crippen MR) is 82.6 cm³/mol. The van der Waals surface area contributed by atoms with Crippen LogP contribution in [0.1, 0.15) is 21.6 Å². The predicted octanol–water partition coefficient (Wildman–Crippen LogP) is 2.85. The summed E-state index contributed by atoms with van der Waals surface area (Å²) in [6.07, 6.45) is 1.61. The number of carbonyl (C=O) groups is 1. The summed E-state index contributed by atoms with van der Waals surface area (Å²) in [7, 11) is 1.76. The molecule has 4 nitrogen and oxygen atoms in total. The van der Waals surface area contributed by atoms with Crippen molar-refractivity contribution in [3.8, 4) is 5.75 Å². The van der Waals surface area contributed by atoms with E-state index in [1.165, 1.54) is 5.56 Å². The quantitative estimate of drug-likeness (QED) is 0.848. The largest absolute Gasteiger partial charge is 0.492 e. The molecule has 0 spiro atoms. The van der Waals surface area contributed by atoms with Crippen LogP contribution >= 0.6 is 0 Å². The SMILES string of the molecule is Cc1ccc(OCCN(C)C(=O)c2ccc(C)nc2)cc1. The summed E-state index contributed by atoms with van der Waals surface area (Å²) in [5.74, 6) is 0.772. The molecule has 110 valence electrons. The van der Waals surface area contributed by atoms with Crippen molar-refractivity contribution in [1.82, 2.24) is 9.88 Å². The Bertz CT molecular complexity index is 591. The number of ether oxygens (including phenoxy) is 1. The Morgan fingerprint density at radius 1 is 1.14 bits per heavy atom. The molecule has 1 amide bonds. The molecule has 2 aromatic rings. The first-order valence-corrected chi connectivity index (χ1v) is 6.94. The van der Waals surface area contributed by atoms with E-state index in [-0.39, 0.29) is 5.91 Å². The van der Waals surface area contributed by atoms with E-state index < -0.39 is 0 Å². The Hall–Kier alpha value is -2.36. The summed E-state index contributed by atoms with van der Waals surface area (Å²) >= 11 is 0. The van der Waals surface area contributed by atoms with Crippen LogP contribution in [-0.2, 0) is 0 Å². The van der Waals surface area contributed by atoms with Gasteiger partial charge >= 0.3 is 0 Å². The highest BCUT2D eigenvalue weighted by Gasteiger charge is 2.11. The third-order valence-corrected chi connectivity index (χ3v) is 3.22. The van der Waals surface area contributed by atoms with Gasteiger partial charge in [-0.25, -0.2) is 0 Å². The van der Waals surface area contributed by atoms with Gasteiger partial charge < -0.3 is 9.64 Å². The third kappa shape index (κ3) is 4.31. The maximum Gasteiger partial charge on any atom is 0.255 e. The smallest absolute Gasteiger partial charge is 0.255 e. The monoisotopic (exact) mass is 284 g/mol. The zero-order chi connectivity index (χ0) is 15.2. The first kappa shape index (κ1) is 15.0. The summed E-state index contributed by atoms with van der Waals surface area (Å²) in [5.41, 5.74) is 2.69. The van der Waals surface area contributed by atoms with E-state index in [1.807, 2.05) is 44.2 Å². The molecule has 0 fully saturated rings. The zero-order valence-electron chi connectivity index (χ0n) is 12.7. The number of benzene rings is 1. The minimum atomic E-state index is -0.0463. The number of hydrogen-bond donors (Lipinski definition) is 0. The lowest BCUT2D eigenvalue weighted by atomic mass is 10.2. The van der Waals surface area contributed by atoms with Crippen molar-refractivity contribution >= 4 is 5.91 Å². The molecule has 0 aliphatic rings. The van der Waals surface area contributed by atoms with Crippen LogP contribution in [0.15, 0.2) is 42.6 Å². The first-order chi connectivity index (χ1) is 10.1. The number of nitrogens with zero attached hydrogens (tertiary/aromatic N) is 2. The highest BCUT2D eigenvalue weighted by Crippen LogP contribution is 2.11. The van der Waals surface area contributed by atoms with Crippen LogP contribution in [0, 0.1) is 13.8 Å². The van der Waals surface area contributed by atoms with Gasteiger partial charge in [0.05, 0.1) is 12.1 Å². The Kier molecular flexibility index (Phi) is 4.93. The fourth-order valence-corrected chi connectivity index (χ4v) is 1.85. The molecule has 0 saturated heterocycles. The van der Waals surface area contributed by atoms with Crippen LogP contribution in [0.25, 0.3) is 0 Å². The first-order valence-electron chi connectivity index (χ1n) is 6.94. The molecule has 0 aliphatic carbocycles. The van der Waals surface area contributed by atoms with Gasteiger partial charge in [0.25, 0.3) is 5.91 Å². The van der Waals surface area contributed by atoms with Crippen molar-refractivity contribution in [2.75, 3.05) is 20.2 Å². The second-order valence-electron chi connectivity index (χ2n) is 5.08. The van der Waals surface area contributed by atoms with Crippen LogP contribution in [0.5, 0.6) is 5.75 Å². The fourth-order valence-electron chi connectivity index (χ4n) is 1.85. The summed E-state index contributed by atoms with van der Waals surface area (Å²) in [6.45, 7) is 4.92. The van der Waals surface area contributed by atoms with Gasteiger partial charge in [0, 0.05) is 18.9 Å². The standard InChI is InChI=1S/C17H20N2O2/c1-13-4-8-16(9-5-13)21-11-10-19(3)17(20)15-7-6-14(2)18-12-15/h4-9,12H,10-11H2,1-3H3. The van der Waals surface area contributed by atoms with E-state index in [2.05, 4.69) is 4.98 Å². The van der Waals surface area contributed by atoms with Crippen LogP contribution < -0.4 is 4.74 Å². The Morgan fingerprint density at radius 2 is 1.86 bits per heavy atom. The van der Waals surface area contributed by atoms with E-state index >= 15 is 0 Å². The van der Waals surface area contributed by atoms with Crippen LogP contribution in [0.2, 0.25) is 0 Å². The van der Waals surface area contributed by atoms with E-state index in [9.17, 15) is 4.79 Å². The van der Waals surface area contributed by atoms with Gasteiger partial charge in [0.1, 0.15) is 12.4 Å². The molecule has 0 aliphatic heterocycles. The molecule has 0 saturated carbocycles. The number of likely N-dealkylation sites (N-methyl/N-ethyl adjacent to an activating group) is 1. The van der Waals surface area contributed by atoms with Gasteiger partial charge in [0.15, 0.2) is 0 Å². The second kappa shape index (κ2) is 6.88. The molecule has 4 heteroatoms. The van der Waals surface area contributed by atoms with Gasteiger partial charge in [-0.15, -0.1) is 0 Å².